The summed E-state index contributed by atoms with van der Waals surface area (Å²) in [6.07, 6.45) is 3.42. The van der Waals surface area contributed by atoms with E-state index in [-0.39, 0.29) is 36.0 Å². The first kappa shape index (κ1) is 13.8. The monoisotopic (exact) mass is 284 g/mol. The first-order valence-electron chi connectivity index (χ1n) is 7.30. The van der Waals surface area contributed by atoms with Crippen LogP contribution in [0.5, 0.6) is 0 Å². The van der Waals surface area contributed by atoms with Crippen LogP contribution in [0.2, 0.25) is 0 Å². The van der Waals surface area contributed by atoms with Gasteiger partial charge < -0.3 is 18.9 Å². The van der Waals surface area contributed by atoms with Gasteiger partial charge in [-0.05, 0) is 12.8 Å². The van der Waals surface area contributed by atoms with E-state index < -0.39 is 0 Å². The predicted octanol–water partition coefficient (Wildman–Crippen LogP) is 0.677. The minimum absolute atomic E-state index is 0.0555. The Morgan fingerprint density at radius 3 is 1.60 bits per heavy atom. The molecule has 4 atom stereocenters. The van der Waals surface area contributed by atoms with Crippen molar-refractivity contribution in [2.75, 3.05) is 26.4 Å². The quantitative estimate of drug-likeness (QED) is 0.527. The Morgan fingerprint density at radius 1 is 0.850 bits per heavy atom. The third kappa shape index (κ3) is 3.70. The molecule has 0 N–H and O–H groups in total. The summed E-state index contributed by atoms with van der Waals surface area (Å²) in [7, 11) is 0. The molecule has 2 saturated heterocycles. The number of carbonyl (C=O) groups excluding carboxylic acids is 2. The number of hydrogen-bond acceptors (Lipinski definition) is 6. The van der Waals surface area contributed by atoms with Crippen LogP contribution in [0.25, 0.3) is 0 Å². The van der Waals surface area contributed by atoms with Crippen LogP contribution in [0.1, 0.15) is 25.7 Å². The van der Waals surface area contributed by atoms with Crippen LogP contribution in [-0.2, 0) is 28.5 Å². The third-order valence-electron chi connectivity index (χ3n) is 4.00. The van der Waals surface area contributed by atoms with E-state index in [0.29, 0.717) is 39.3 Å². The van der Waals surface area contributed by atoms with Gasteiger partial charge in [0.1, 0.15) is 25.4 Å². The molecule has 3 fully saturated rings. The molecule has 0 radical (unpaired) electrons. The highest BCUT2D eigenvalue weighted by atomic mass is 16.6. The van der Waals surface area contributed by atoms with Gasteiger partial charge in [-0.25, -0.2) is 0 Å². The van der Waals surface area contributed by atoms with E-state index in [0.717, 1.165) is 12.8 Å². The average Bonchev–Trinajstić information content (AvgIpc) is 3.36. The van der Waals surface area contributed by atoms with Crippen molar-refractivity contribution in [2.24, 2.45) is 11.8 Å². The smallest absolute Gasteiger partial charge is 0.309 e. The first-order chi connectivity index (χ1) is 9.74. The number of epoxide rings is 2. The molecule has 6 heteroatoms. The van der Waals surface area contributed by atoms with Gasteiger partial charge in [-0.3, -0.25) is 9.59 Å². The lowest BCUT2D eigenvalue weighted by molar-refractivity contribution is -0.163. The molecular formula is C14H20O6. The Bertz CT molecular complexity index is 338. The molecule has 0 aromatic carbocycles. The maximum absolute atomic E-state index is 12.1. The topological polar surface area (TPSA) is 77.7 Å². The Hall–Kier alpha value is -1.14. The van der Waals surface area contributed by atoms with Gasteiger partial charge in [-0.2, -0.15) is 0 Å². The van der Waals surface area contributed by atoms with E-state index >= 15 is 0 Å². The molecule has 2 heterocycles. The third-order valence-corrected chi connectivity index (χ3v) is 4.00. The number of hydrogen-bond donors (Lipinski definition) is 0. The minimum atomic E-state index is -0.366. The second-order valence-electron chi connectivity index (χ2n) is 5.67. The van der Waals surface area contributed by atoms with E-state index in [1.54, 1.807) is 0 Å². The second-order valence-corrected chi connectivity index (χ2v) is 5.67. The zero-order valence-electron chi connectivity index (χ0n) is 11.4. The van der Waals surface area contributed by atoms with Gasteiger partial charge in [0, 0.05) is 0 Å². The zero-order valence-corrected chi connectivity index (χ0v) is 11.4. The summed E-state index contributed by atoms with van der Waals surface area (Å²) in [6.45, 7) is 1.91. The van der Waals surface area contributed by atoms with Crippen molar-refractivity contribution in [2.45, 2.75) is 37.9 Å². The molecule has 3 aliphatic rings. The van der Waals surface area contributed by atoms with E-state index in [4.69, 9.17) is 18.9 Å². The summed E-state index contributed by atoms with van der Waals surface area (Å²) in [5, 5.41) is 0. The normalized spacial score (nSPS) is 35.2. The Balaban J connectivity index is 1.50. The number of rotatable bonds is 6. The SMILES string of the molecule is O=C(OCC1CO1)C1CCCCC1C(=O)OCC1CO1. The fourth-order valence-corrected chi connectivity index (χ4v) is 2.59. The highest BCUT2D eigenvalue weighted by Gasteiger charge is 2.39. The zero-order chi connectivity index (χ0) is 13.9. The fourth-order valence-electron chi connectivity index (χ4n) is 2.59. The second kappa shape index (κ2) is 6.10. The van der Waals surface area contributed by atoms with Gasteiger partial charge in [0.05, 0.1) is 25.0 Å². The summed E-state index contributed by atoms with van der Waals surface area (Å²) in [5.41, 5.74) is 0. The van der Waals surface area contributed by atoms with Crippen LogP contribution in [0.15, 0.2) is 0 Å². The maximum Gasteiger partial charge on any atom is 0.309 e. The Kier molecular flexibility index (Phi) is 4.21. The van der Waals surface area contributed by atoms with E-state index in [1.807, 2.05) is 0 Å². The van der Waals surface area contributed by atoms with Crippen molar-refractivity contribution in [3.05, 3.63) is 0 Å². The Labute approximate surface area is 117 Å². The summed E-state index contributed by atoms with van der Waals surface area (Å²) in [4.78, 5) is 24.2. The van der Waals surface area contributed by atoms with E-state index in [9.17, 15) is 9.59 Å². The highest BCUT2D eigenvalue weighted by Crippen LogP contribution is 2.32. The fraction of sp³-hybridized carbons (Fsp3) is 0.857. The number of carbonyl (C=O) groups is 2. The molecule has 112 valence electrons. The Morgan fingerprint density at radius 2 is 1.25 bits per heavy atom. The molecule has 4 unspecified atom stereocenters. The molecule has 2 aliphatic heterocycles. The lowest BCUT2D eigenvalue weighted by Gasteiger charge is -2.28. The molecular weight excluding hydrogens is 264 g/mol. The van der Waals surface area contributed by atoms with Crippen molar-refractivity contribution < 1.29 is 28.5 Å². The number of ether oxygens (including phenoxy) is 4. The summed E-state index contributed by atoms with van der Waals surface area (Å²) in [5.74, 6) is -1.31. The van der Waals surface area contributed by atoms with Crippen molar-refractivity contribution >= 4 is 11.9 Å². The molecule has 0 aromatic heterocycles. The molecule has 6 nitrogen and oxygen atoms in total. The van der Waals surface area contributed by atoms with E-state index in [2.05, 4.69) is 0 Å². The van der Waals surface area contributed by atoms with Crippen LogP contribution in [-0.4, -0.2) is 50.6 Å². The molecule has 0 spiro atoms. The van der Waals surface area contributed by atoms with Gasteiger partial charge >= 0.3 is 11.9 Å². The summed E-state index contributed by atoms with van der Waals surface area (Å²) >= 11 is 0. The van der Waals surface area contributed by atoms with Crippen LogP contribution in [0, 0.1) is 11.8 Å². The van der Waals surface area contributed by atoms with Crippen molar-refractivity contribution in [3.8, 4) is 0 Å². The molecule has 1 saturated carbocycles. The van der Waals surface area contributed by atoms with Gasteiger partial charge in [-0.1, -0.05) is 12.8 Å². The summed E-state index contributed by atoms with van der Waals surface area (Å²) < 4.78 is 20.5. The molecule has 20 heavy (non-hydrogen) atoms. The van der Waals surface area contributed by atoms with Crippen LogP contribution < -0.4 is 0 Å². The van der Waals surface area contributed by atoms with Crippen LogP contribution in [0.4, 0.5) is 0 Å². The van der Waals surface area contributed by atoms with Gasteiger partial charge in [0.15, 0.2) is 0 Å². The highest BCUT2D eigenvalue weighted by molar-refractivity contribution is 5.82. The van der Waals surface area contributed by atoms with Crippen molar-refractivity contribution in [1.29, 1.82) is 0 Å². The van der Waals surface area contributed by atoms with Crippen LogP contribution in [0.3, 0.4) is 0 Å². The molecule has 0 amide bonds. The van der Waals surface area contributed by atoms with Gasteiger partial charge in [0.2, 0.25) is 0 Å². The average molecular weight is 284 g/mol. The van der Waals surface area contributed by atoms with Crippen molar-refractivity contribution in [3.63, 3.8) is 0 Å². The predicted molar refractivity (Wildman–Crippen MR) is 66.8 cm³/mol. The van der Waals surface area contributed by atoms with E-state index in [1.165, 1.54) is 0 Å². The largest absolute Gasteiger partial charge is 0.463 e. The lowest BCUT2D eigenvalue weighted by Crippen LogP contribution is -2.35. The molecule has 1 aliphatic carbocycles. The maximum atomic E-state index is 12.1. The van der Waals surface area contributed by atoms with Crippen molar-refractivity contribution in [1.82, 2.24) is 0 Å². The minimum Gasteiger partial charge on any atom is -0.463 e. The lowest BCUT2D eigenvalue weighted by atomic mass is 9.79. The number of esters is 2. The van der Waals surface area contributed by atoms with Crippen LogP contribution >= 0.6 is 0 Å². The molecule has 0 aromatic rings. The van der Waals surface area contributed by atoms with Gasteiger partial charge in [-0.15, -0.1) is 0 Å². The standard InChI is InChI=1S/C14H20O6/c15-13(19-7-9-5-17-9)11-3-1-2-4-12(11)14(16)20-8-10-6-18-10/h9-12H,1-8H2. The van der Waals surface area contributed by atoms with Gasteiger partial charge in [0.25, 0.3) is 0 Å². The molecule has 3 rings (SSSR count). The molecule has 0 bridgehead atoms. The summed E-state index contributed by atoms with van der Waals surface area (Å²) in [6, 6.07) is 0. The first-order valence-corrected chi connectivity index (χ1v) is 7.30.